The monoisotopic (exact) mass is 166 g/mol. The predicted molar refractivity (Wildman–Crippen MR) is 47.9 cm³/mol. The van der Waals surface area contributed by atoms with Crippen molar-refractivity contribution in [1.82, 2.24) is 0 Å². The van der Waals surface area contributed by atoms with E-state index in [0.717, 1.165) is 6.42 Å². The second-order valence-corrected chi connectivity index (χ2v) is 3.42. The molecule has 1 aliphatic rings. The molecule has 1 N–H and O–H groups in total. The molecule has 1 aliphatic carbocycles. The summed E-state index contributed by atoms with van der Waals surface area (Å²) >= 11 is 0. The highest BCUT2D eigenvalue weighted by atomic mass is 16.4. The normalized spacial score (nSPS) is 29.2. The summed E-state index contributed by atoms with van der Waals surface area (Å²) in [4.78, 5) is 10.9. The summed E-state index contributed by atoms with van der Waals surface area (Å²) in [5.41, 5.74) is 0.591. The van der Waals surface area contributed by atoms with Crippen molar-refractivity contribution in [1.29, 1.82) is 0 Å². The lowest BCUT2D eigenvalue weighted by atomic mass is 9.75. The Balaban J connectivity index is 2.85. The molecule has 0 amide bonds. The molecule has 1 atom stereocenters. The van der Waals surface area contributed by atoms with Crippen LogP contribution in [0.4, 0.5) is 0 Å². The van der Waals surface area contributed by atoms with E-state index >= 15 is 0 Å². The molecule has 0 spiro atoms. The molecule has 1 unspecified atom stereocenters. The van der Waals surface area contributed by atoms with Crippen LogP contribution in [0.15, 0.2) is 24.3 Å². The number of carboxylic acids is 1. The second-order valence-electron chi connectivity index (χ2n) is 3.42. The smallest absolute Gasteiger partial charge is 0.313 e. The number of carbonyl (C=O) groups is 1. The van der Waals surface area contributed by atoms with Gasteiger partial charge in [-0.3, -0.25) is 4.79 Å². The molecule has 12 heavy (non-hydrogen) atoms. The first kappa shape index (κ1) is 9.04. The zero-order chi connectivity index (χ0) is 9.19. The molecule has 0 aromatic carbocycles. The van der Waals surface area contributed by atoms with Gasteiger partial charge in [0.15, 0.2) is 0 Å². The van der Waals surface area contributed by atoms with E-state index in [0.29, 0.717) is 12.8 Å². The molecule has 1 rings (SSSR count). The molecule has 0 saturated carbocycles. The molecule has 0 saturated heterocycles. The average Bonchev–Trinajstić information content (AvgIpc) is 2.06. The summed E-state index contributed by atoms with van der Waals surface area (Å²) in [5.74, 6) is -0.749. The third-order valence-electron chi connectivity index (χ3n) is 2.60. The van der Waals surface area contributed by atoms with Crippen molar-refractivity contribution in [3.63, 3.8) is 0 Å². The largest absolute Gasteiger partial charge is 0.481 e. The van der Waals surface area contributed by atoms with Crippen LogP contribution in [0, 0.1) is 5.41 Å². The van der Waals surface area contributed by atoms with Gasteiger partial charge in [-0.05, 0) is 26.2 Å². The van der Waals surface area contributed by atoms with Crippen LogP contribution in [0.2, 0.25) is 0 Å². The van der Waals surface area contributed by atoms with Gasteiger partial charge in [0, 0.05) is 0 Å². The summed E-state index contributed by atoms with van der Waals surface area (Å²) < 4.78 is 0. The van der Waals surface area contributed by atoms with Crippen molar-refractivity contribution in [2.24, 2.45) is 5.41 Å². The highest BCUT2D eigenvalue weighted by molar-refractivity contribution is 5.77. The molecular weight excluding hydrogens is 152 g/mol. The molecule has 0 radical (unpaired) electrons. The van der Waals surface area contributed by atoms with E-state index in [1.165, 1.54) is 5.57 Å². The number of carboxylic acid groups (broad SMARTS) is 1. The van der Waals surface area contributed by atoms with E-state index in [1.807, 2.05) is 13.0 Å². The predicted octanol–water partition coefficient (Wildman–Crippen LogP) is 2.37. The van der Waals surface area contributed by atoms with Gasteiger partial charge in [0.25, 0.3) is 0 Å². The maximum absolute atomic E-state index is 10.9. The Morgan fingerprint density at radius 1 is 1.83 bits per heavy atom. The summed E-state index contributed by atoms with van der Waals surface area (Å²) in [6.07, 6.45) is 5.72. The first-order valence-corrected chi connectivity index (χ1v) is 4.13. The fourth-order valence-electron chi connectivity index (χ4n) is 1.45. The van der Waals surface area contributed by atoms with E-state index in [9.17, 15) is 4.79 Å². The van der Waals surface area contributed by atoms with Gasteiger partial charge in [-0.25, -0.2) is 0 Å². The molecule has 66 valence electrons. The van der Waals surface area contributed by atoms with Gasteiger partial charge < -0.3 is 5.11 Å². The minimum Gasteiger partial charge on any atom is -0.481 e. The molecule has 0 bridgehead atoms. The first-order valence-electron chi connectivity index (χ1n) is 4.13. The molecule has 0 heterocycles. The van der Waals surface area contributed by atoms with Crippen LogP contribution in [0.25, 0.3) is 0 Å². The SMILES string of the molecule is C=CC1(C(=O)O)CC=C(C)CC1. The highest BCUT2D eigenvalue weighted by Gasteiger charge is 2.35. The van der Waals surface area contributed by atoms with Crippen LogP contribution in [0.1, 0.15) is 26.2 Å². The van der Waals surface area contributed by atoms with Crippen molar-refractivity contribution in [2.75, 3.05) is 0 Å². The highest BCUT2D eigenvalue weighted by Crippen LogP contribution is 2.36. The summed E-state index contributed by atoms with van der Waals surface area (Å²) in [7, 11) is 0. The van der Waals surface area contributed by atoms with Crippen LogP contribution in [-0.4, -0.2) is 11.1 Å². The maximum atomic E-state index is 10.9. The molecule has 0 aromatic heterocycles. The Kier molecular flexibility index (Phi) is 2.36. The Bertz CT molecular complexity index is 240. The third-order valence-corrected chi connectivity index (χ3v) is 2.60. The minimum absolute atomic E-state index is 0.595. The Hall–Kier alpha value is -1.05. The third kappa shape index (κ3) is 1.42. The Morgan fingerprint density at radius 3 is 2.83 bits per heavy atom. The van der Waals surface area contributed by atoms with Crippen molar-refractivity contribution in [3.05, 3.63) is 24.3 Å². The van der Waals surface area contributed by atoms with Crippen molar-refractivity contribution < 1.29 is 9.90 Å². The van der Waals surface area contributed by atoms with E-state index in [4.69, 9.17) is 5.11 Å². The summed E-state index contributed by atoms with van der Waals surface area (Å²) in [5, 5.41) is 8.97. The number of hydrogen-bond acceptors (Lipinski definition) is 1. The number of rotatable bonds is 2. The Morgan fingerprint density at radius 2 is 2.50 bits per heavy atom. The van der Waals surface area contributed by atoms with Gasteiger partial charge in [-0.2, -0.15) is 0 Å². The first-order chi connectivity index (χ1) is 5.60. The van der Waals surface area contributed by atoms with Crippen molar-refractivity contribution >= 4 is 5.97 Å². The lowest BCUT2D eigenvalue weighted by Gasteiger charge is -2.28. The second kappa shape index (κ2) is 3.13. The standard InChI is InChI=1S/C10H14O2/c1-3-10(9(11)12)6-4-8(2)5-7-10/h3-4H,1,5-7H2,2H3,(H,11,12). The van der Waals surface area contributed by atoms with Gasteiger partial charge in [-0.1, -0.05) is 17.7 Å². The Labute approximate surface area is 72.6 Å². The lowest BCUT2D eigenvalue weighted by Crippen LogP contribution is -2.30. The van der Waals surface area contributed by atoms with Crippen LogP contribution >= 0.6 is 0 Å². The fraction of sp³-hybridized carbons (Fsp3) is 0.500. The van der Waals surface area contributed by atoms with Gasteiger partial charge >= 0.3 is 5.97 Å². The summed E-state index contributed by atoms with van der Waals surface area (Å²) in [6, 6.07) is 0. The average molecular weight is 166 g/mol. The van der Waals surface area contributed by atoms with Gasteiger partial charge in [0.2, 0.25) is 0 Å². The molecule has 2 nitrogen and oxygen atoms in total. The van der Waals surface area contributed by atoms with Gasteiger partial charge in [0.1, 0.15) is 0 Å². The van der Waals surface area contributed by atoms with Crippen molar-refractivity contribution in [2.45, 2.75) is 26.2 Å². The van der Waals surface area contributed by atoms with E-state index in [1.54, 1.807) is 6.08 Å². The van der Waals surface area contributed by atoms with Crippen LogP contribution in [-0.2, 0) is 4.79 Å². The van der Waals surface area contributed by atoms with E-state index in [2.05, 4.69) is 6.58 Å². The quantitative estimate of drug-likeness (QED) is 0.639. The topological polar surface area (TPSA) is 37.3 Å². The number of hydrogen-bond donors (Lipinski definition) is 1. The van der Waals surface area contributed by atoms with Crippen molar-refractivity contribution in [3.8, 4) is 0 Å². The van der Waals surface area contributed by atoms with E-state index in [-0.39, 0.29) is 0 Å². The van der Waals surface area contributed by atoms with Crippen LogP contribution in [0.5, 0.6) is 0 Å². The van der Waals surface area contributed by atoms with Crippen LogP contribution in [0.3, 0.4) is 0 Å². The zero-order valence-electron chi connectivity index (χ0n) is 7.34. The maximum Gasteiger partial charge on any atom is 0.313 e. The van der Waals surface area contributed by atoms with Gasteiger partial charge in [-0.15, -0.1) is 6.58 Å². The zero-order valence-corrected chi connectivity index (χ0v) is 7.34. The lowest BCUT2D eigenvalue weighted by molar-refractivity contribution is -0.146. The minimum atomic E-state index is -0.749. The molecule has 2 heteroatoms. The van der Waals surface area contributed by atoms with Crippen LogP contribution < -0.4 is 0 Å². The molecule has 0 aromatic rings. The number of aliphatic carboxylic acids is 1. The molecule has 0 aliphatic heterocycles. The fourth-order valence-corrected chi connectivity index (χ4v) is 1.45. The van der Waals surface area contributed by atoms with E-state index < -0.39 is 11.4 Å². The number of allylic oxidation sites excluding steroid dienone is 2. The molecular formula is C10H14O2. The summed E-state index contributed by atoms with van der Waals surface area (Å²) in [6.45, 7) is 5.63. The molecule has 0 fully saturated rings. The van der Waals surface area contributed by atoms with Gasteiger partial charge in [0.05, 0.1) is 5.41 Å².